The third kappa shape index (κ3) is 2.96. The van der Waals surface area contributed by atoms with Gasteiger partial charge in [0.2, 0.25) is 15.9 Å². The highest BCUT2D eigenvalue weighted by Crippen LogP contribution is 2.29. The maximum atomic E-state index is 12.3. The molecule has 0 atom stereocenters. The molecule has 1 aliphatic rings. The van der Waals surface area contributed by atoms with Gasteiger partial charge in [0.15, 0.2) is 0 Å². The van der Waals surface area contributed by atoms with Crippen LogP contribution in [0.2, 0.25) is 0 Å². The van der Waals surface area contributed by atoms with Crippen LogP contribution in [0.15, 0.2) is 35.2 Å². The standard InChI is InChI=1S/C13H18N2O3S/c14-12(16)13(9-5-2-6-10-13)15-19(17,18)11-7-3-1-4-8-11/h1,3-4,7-8,15H,2,5-6,9-10H2,(H2,14,16). The SMILES string of the molecule is NC(=O)C1(NS(=O)(=O)c2ccccc2)CCCCC1. The average Bonchev–Trinajstić information content (AvgIpc) is 2.40. The van der Waals surface area contributed by atoms with Crippen molar-refractivity contribution >= 4 is 15.9 Å². The molecular formula is C13H18N2O3S. The quantitative estimate of drug-likeness (QED) is 0.868. The minimum absolute atomic E-state index is 0.154. The minimum Gasteiger partial charge on any atom is -0.368 e. The summed E-state index contributed by atoms with van der Waals surface area (Å²) in [6.45, 7) is 0. The molecule has 1 fully saturated rings. The summed E-state index contributed by atoms with van der Waals surface area (Å²) < 4.78 is 27.1. The first-order valence-corrected chi connectivity index (χ1v) is 7.84. The predicted octanol–water partition coefficient (Wildman–Crippen LogP) is 1.15. The number of hydrogen-bond acceptors (Lipinski definition) is 3. The average molecular weight is 282 g/mol. The normalized spacial score (nSPS) is 18.9. The van der Waals surface area contributed by atoms with Crippen LogP contribution in [0.1, 0.15) is 32.1 Å². The number of benzene rings is 1. The first-order chi connectivity index (χ1) is 8.96. The number of nitrogens with one attached hydrogen (secondary N) is 1. The van der Waals surface area contributed by atoms with Gasteiger partial charge in [-0.2, -0.15) is 4.72 Å². The maximum Gasteiger partial charge on any atom is 0.241 e. The van der Waals surface area contributed by atoms with Gasteiger partial charge in [0.1, 0.15) is 5.54 Å². The summed E-state index contributed by atoms with van der Waals surface area (Å²) in [6, 6.07) is 8.03. The lowest BCUT2D eigenvalue weighted by molar-refractivity contribution is -0.124. The van der Waals surface area contributed by atoms with Crippen molar-refractivity contribution < 1.29 is 13.2 Å². The fourth-order valence-electron chi connectivity index (χ4n) is 2.47. The van der Waals surface area contributed by atoms with Crippen LogP contribution in [-0.2, 0) is 14.8 Å². The van der Waals surface area contributed by atoms with E-state index in [1.54, 1.807) is 18.2 Å². The number of hydrogen-bond donors (Lipinski definition) is 2. The zero-order valence-electron chi connectivity index (χ0n) is 10.6. The van der Waals surface area contributed by atoms with Gasteiger partial charge in [-0.05, 0) is 25.0 Å². The largest absolute Gasteiger partial charge is 0.368 e. The fourth-order valence-corrected chi connectivity index (χ4v) is 3.92. The first kappa shape index (κ1) is 14.0. The molecule has 19 heavy (non-hydrogen) atoms. The number of carbonyl (C=O) groups excluding carboxylic acids is 1. The Morgan fingerprint density at radius 1 is 1.11 bits per heavy atom. The van der Waals surface area contributed by atoms with Crippen LogP contribution in [0.3, 0.4) is 0 Å². The van der Waals surface area contributed by atoms with Gasteiger partial charge in [0.05, 0.1) is 4.90 Å². The van der Waals surface area contributed by atoms with Gasteiger partial charge in [-0.3, -0.25) is 4.79 Å². The molecule has 1 saturated carbocycles. The number of rotatable bonds is 4. The Morgan fingerprint density at radius 3 is 2.21 bits per heavy atom. The van der Waals surface area contributed by atoms with E-state index >= 15 is 0 Å². The molecule has 0 spiro atoms. The Hall–Kier alpha value is -1.40. The van der Waals surface area contributed by atoms with Crippen LogP contribution in [0.4, 0.5) is 0 Å². The summed E-state index contributed by atoms with van der Waals surface area (Å²) in [6.07, 6.45) is 3.55. The van der Waals surface area contributed by atoms with Gasteiger partial charge in [0, 0.05) is 0 Å². The van der Waals surface area contributed by atoms with Gasteiger partial charge in [-0.1, -0.05) is 37.5 Å². The second kappa shape index (κ2) is 5.30. The Labute approximate surface area is 113 Å². The molecular weight excluding hydrogens is 264 g/mol. The summed E-state index contributed by atoms with van der Waals surface area (Å²) in [5.74, 6) is -0.591. The molecule has 6 heteroatoms. The van der Waals surface area contributed by atoms with E-state index in [1.165, 1.54) is 12.1 Å². The summed E-state index contributed by atoms with van der Waals surface area (Å²) >= 11 is 0. The van der Waals surface area contributed by atoms with E-state index in [0.717, 1.165) is 19.3 Å². The van der Waals surface area contributed by atoms with Crippen molar-refractivity contribution in [1.29, 1.82) is 0 Å². The Morgan fingerprint density at radius 2 is 1.68 bits per heavy atom. The molecule has 1 aromatic rings. The van der Waals surface area contributed by atoms with Gasteiger partial charge >= 0.3 is 0 Å². The molecule has 0 aliphatic heterocycles. The van der Waals surface area contributed by atoms with Crippen LogP contribution in [0, 0.1) is 0 Å². The number of amides is 1. The van der Waals surface area contributed by atoms with E-state index < -0.39 is 21.5 Å². The van der Waals surface area contributed by atoms with Crippen molar-refractivity contribution in [2.45, 2.75) is 42.5 Å². The van der Waals surface area contributed by atoms with Gasteiger partial charge in [-0.25, -0.2) is 8.42 Å². The van der Waals surface area contributed by atoms with E-state index in [4.69, 9.17) is 5.73 Å². The third-order valence-electron chi connectivity index (χ3n) is 3.56. The third-order valence-corrected chi connectivity index (χ3v) is 5.11. The van der Waals surface area contributed by atoms with Crippen molar-refractivity contribution in [3.63, 3.8) is 0 Å². The molecule has 0 saturated heterocycles. The smallest absolute Gasteiger partial charge is 0.241 e. The van der Waals surface area contributed by atoms with E-state index in [2.05, 4.69) is 4.72 Å². The first-order valence-electron chi connectivity index (χ1n) is 6.35. The van der Waals surface area contributed by atoms with Crippen molar-refractivity contribution in [2.24, 2.45) is 5.73 Å². The molecule has 0 bridgehead atoms. The van der Waals surface area contributed by atoms with E-state index in [1.807, 2.05) is 0 Å². The van der Waals surface area contributed by atoms with Crippen LogP contribution >= 0.6 is 0 Å². The van der Waals surface area contributed by atoms with Crippen molar-refractivity contribution in [2.75, 3.05) is 0 Å². The molecule has 0 aromatic heterocycles. The van der Waals surface area contributed by atoms with E-state index in [0.29, 0.717) is 12.8 Å². The molecule has 0 heterocycles. The Bertz CT molecular complexity index is 549. The number of carbonyl (C=O) groups is 1. The monoisotopic (exact) mass is 282 g/mol. The molecule has 1 aromatic carbocycles. The fraction of sp³-hybridized carbons (Fsp3) is 0.462. The Balaban J connectivity index is 2.29. The van der Waals surface area contributed by atoms with Gasteiger partial charge in [0.25, 0.3) is 0 Å². The topological polar surface area (TPSA) is 89.3 Å². The molecule has 1 aliphatic carbocycles. The summed E-state index contributed by atoms with van der Waals surface area (Å²) in [5.41, 5.74) is 4.29. The number of sulfonamides is 1. The van der Waals surface area contributed by atoms with Crippen molar-refractivity contribution in [3.8, 4) is 0 Å². The highest BCUT2D eigenvalue weighted by Gasteiger charge is 2.41. The molecule has 104 valence electrons. The van der Waals surface area contributed by atoms with Crippen LogP contribution < -0.4 is 10.5 Å². The van der Waals surface area contributed by atoms with Crippen molar-refractivity contribution in [3.05, 3.63) is 30.3 Å². The lowest BCUT2D eigenvalue weighted by Gasteiger charge is -2.34. The van der Waals surface area contributed by atoms with Crippen LogP contribution in [-0.4, -0.2) is 19.9 Å². The molecule has 5 nitrogen and oxygen atoms in total. The summed E-state index contributed by atoms with van der Waals surface area (Å²) in [7, 11) is -3.71. The molecule has 0 unspecified atom stereocenters. The predicted molar refractivity (Wildman–Crippen MR) is 71.8 cm³/mol. The zero-order chi connectivity index (χ0) is 13.9. The van der Waals surface area contributed by atoms with Gasteiger partial charge in [-0.15, -0.1) is 0 Å². The highest BCUT2D eigenvalue weighted by atomic mass is 32.2. The second-order valence-corrected chi connectivity index (χ2v) is 6.61. The minimum atomic E-state index is -3.71. The van der Waals surface area contributed by atoms with Crippen LogP contribution in [0.5, 0.6) is 0 Å². The van der Waals surface area contributed by atoms with Gasteiger partial charge < -0.3 is 5.73 Å². The van der Waals surface area contributed by atoms with Crippen LogP contribution in [0.25, 0.3) is 0 Å². The Kier molecular flexibility index (Phi) is 3.91. The second-order valence-electron chi connectivity index (χ2n) is 4.93. The number of nitrogens with two attached hydrogens (primary N) is 1. The summed E-state index contributed by atoms with van der Waals surface area (Å²) in [4.78, 5) is 11.8. The molecule has 2 rings (SSSR count). The molecule has 1 amide bonds. The highest BCUT2D eigenvalue weighted by molar-refractivity contribution is 7.89. The molecule has 0 radical (unpaired) electrons. The van der Waals surface area contributed by atoms with E-state index in [9.17, 15) is 13.2 Å². The molecule has 3 N–H and O–H groups in total. The summed E-state index contributed by atoms with van der Waals surface area (Å²) in [5, 5.41) is 0. The van der Waals surface area contributed by atoms with E-state index in [-0.39, 0.29) is 4.90 Å². The lowest BCUT2D eigenvalue weighted by Crippen LogP contribution is -2.58. The lowest BCUT2D eigenvalue weighted by atomic mass is 9.82. The zero-order valence-corrected chi connectivity index (χ0v) is 11.4. The van der Waals surface area contributed by atoms with Crippen molar-refractivity contribution in [1.82, 2.24) is 4.72 Å². The maximum absolute atomic E-state index is 12.3. The number of primary amides is 1.